The number of hydrogen-bond donors (Lipinski definition) is 0. The molecule has 2 heterocycles. The Kier molecular flexibility index (Phi) is 4.15. The maximum Gasteiger partial charge on any atom is 0.316 e. The van der Waals surface area contributed by atoms with Gasteiger partial charge in [-0.1, -0.05) is 33.8 Å². The van der Waals surface area contributed by atoms with Crippen molar-refractivity contribution in [3.63, 3.8) is 0 Å². The molecule has 5 heteroatoms. The highest BCUT2D eigenvalue weighted by molar-refractivity contribution is 6.73. The molecule has 0 aromatic rings. The lowest BCUT2D eigenvalue weighted by Crippen LogP contribution is -2.55. The highest BCUT2D eigenvalue weighted by Gasteiger charge is 2.66. The second-order valence-electron chi connectivity index (χ2n) is 8.09. The Balaban J connectivity index is 1.80. The Morgan fingerprint density at radius 3 is 2.68 bits per heavy atom. The van der Waals surface area contributed by atoms with Gasteiger partial charge in [0.25, 0.3) is 0 Å². The summed E-state index contributed by atoms with van der Waals surface area (Å²) in [4.78, 5) is 12.5. The minimum Gasteiger partial charge on any atom is -0.546 e. The van der Waals surface area contributed by atoms with Crippen LogP contribution in [0.2, 0.25) is 18.1 Å². The van der Waals surface area contributed by atoms with Crippen molar-refractivity contribution in [2.24, 2.45) is 23.7 Å². The van der Waals surface area contributed by atoms with E-state index in [2.05, 4.69) is 39.8 Å². The first-order chi connectivity index (χ1) is 12.0. The third-order valence-corrected chi connectivity index (χ3v) is 11.7. The van der Waals surface area contributed by atoms with E-state index >= 15 is 0 Å². The van der Waals surface area contributed by atoms with Crippen LogP contribution in [0.1, 0.15) is 40.5 Å². The molecular formula is C20H30O4Si. The van der Waals surface area contributed by atoms with Crippen molar-refractivity contribution in [3.8, 4) is 0 Å². The summed E-state index contributed by atoms with van der Waals surface area (Å²) in [6.07, 6.45) is 6.15. The van der Waals surface area contributed by atoms with Crippen LogP contribution < -0.4 is 0 Å². The first-order valence-corrected chi connectivity index (χ1v) is 12.5. The molecule has 0 N–H and O–H groups in total. The van der Waals surface area contributed by atoms with E-state index in [-0.39, 0.29) is 17.8 Å². The van der Waals surface area contributed by atoms with Crippen molar-refractivity contribution in [1.82, 2.24) is 0 Å². The maximum atomic E-state index is 12.5. The first kappa shape index (κ1) is 17.3. The molecule has 138 valence electrons. The summed E-state index contributed by atoms with van der Waals surface area (Å²) in [5, 5.41) is 0. The standard InChI is InChI=1S/C20H30O4Si/c1-5-25(6-2,7-3)24-17-9-8-15-16-12-13(4)14-10-11-22-20(16,18(14)17)23-19(15)21/h9,12-15,18H,5-8,10-11H2,1-4H3/t13-,14+,15+,18+,20+/m1/s1. The molecule has 2 aliphatic carbocycles. The molecular weight excluding hydrogens is 332 g/mol. The summed E-state index contributed by atoms with van der Waals surface area (Å²) in [7, 11) is -1.78. The molecule has 4 nitrogen and oxygen atoms in total. The Labute approximate surface area is 151 Å². The number of carbonyl (C=O) groups is 1. The summed E-state index contributed by atoms with van der Waals surface area (Å²) < 4.78 is 19.0. The molecule has 0 radical (unpaired) electrons. The van der Waals surface area contributed by atoms with E-state index in [0.717, 1.165) is 35.9 Å². The van der Waals surface area contributed by atoms with Gasteiger partial charge in [-0.3, -0.25) is 4.79 Å². The Morgan fingerprint density at radius 2 is 2.00 bits per heavy atom. The Hall–Kier alpha value is -1.07. The molecule has 2 aliphatic heterocycles. The van der Waals surface area contributed by atoms with E-state index in [1.807, 2.05) is 0 Å². The molecule has 0 saturated carbocycles. The summed E-state index contributed by atoms with van der Waals surface area (Å²) in [6.45, 7) is 9.70. The van der Waals surface area contributed by atoms with Crippen LogP contribution in [0.4, 0.5) is 0 Å². The van der Waals surface area contributed by atoms with E-state index in [9.17, 15) is 4.79 Å². The fourth-order valence-corrected chi connectivity index (χ4v) is 8.04. The number of carbonyl (C=O) groups excluding carboxylic acids is 1. The zero-order valence-electron chi connectivity index (χ0n) is 15.8. The predicted molar refractivity (Wildman–Crippen MR) is 98.1 cm³/mol. The number of hydrogen-bond acceptors (Lipinski definition) is 4. The third kappa shape index (κ3) is 2.31. The van der Waals surface area contributed by atoms with Gasteiger partial charge in [0.15, 0.2) is 0 Å². The van der Waals surface area contributed by atoms with E-state index in [1.54, 1.807) is 0 Å². The lowest BCUT2D eigenvalue weighted by molar-refractivity contribution is -0.252. The van der Waals surface area contributed by atoms with E-state index in [1.165, 1.54) is 0 Å². The van der Waals surface area contributed by atoms with Crippen LogP contribution in [0.5, 0.6) is 0 Å². The largest absolute Gasteiger partial charge is 0.546 e. The summed E-state index contributed by atoms with van der Waals surface area (Å²) in [5.74, 6) is 0.760. The molecule has 4 aliphatic rings. The summed E-state index contributed by atoms with van der Waals surface area (Å²) in [6, 6.07) is 3.35. The van der Waals surface area contributed by atoms with Crippen molar-refractivity contribution in [2.75, 3.05) is 6.61 Å². The van der Waals surface area contributed by atoms with Crippen LogP contribution >= 0.6 is 0 Å². The zero-order valence-corrected chi connectivity index (χ0v) is 16.8. The lowest BCUT2D eigenvalue weighted by Gasteiger charge is -2.50. The van der Waals surface area contributed by atoms with Crippen LogP contribution in [-0.2, 0) is 18.7 Å². The molecule has 0 aromatic carbocycles. The quantitative estimate of drug-likeness (QED) is 0.413. The normalized spacial score (nSPS) is 39.3. The summed E-state index contributed by atoms with van der Waals surface area (Å²) in [5.41, 5.74) is 1.07. The average molecular weight is 363 g/mol. The molecule has 0 aromatic heterocycles. The fourth-order valence-electron chi connectivity index (χ4n) is 5.40. The van der Waals surface area contributed by atoms with Gasteiger partial charge in [0.05, 0.1) is 24.2 Å². The van der Waals surface area contributed by atoms with Crippen LogP contribution in [-0.4, -0.2) is 26.7 Å². The predicted octanol–water partition coefficient (Wildman–Crippen LogP) is 4.39. The number of esters is 1. The Bertz CT molecular complexity index is 627. The molecule has 5 atom stereocenters. The van der Waals surface area contributed by atoms with Crippen molar-refractivity contribution in [1.29, 1.82) is 0 Å². The maximum absolute atomic E-state index is 12.5. The first-order valence-electron chi connectivity index (χ1n) is 9.98. The van der Waals surface area contributed by atoms with Gasteiger partial charge in [-0.15, -0.1) is 0 Å². The minimum absolute atomic E-state index is 0.0317. The van der Waals surface area contributed by atoms with Crippen LogP contribution in [0, 0.1) is 23.7 Å². The molecule has 4 rings (SSSR count). The second-order valence-corrected chi connectivity index (χ2v) is 12.8. The topological polar surface area (TPSA) is 44.8 Å². The average Bonchev–Trinajstić information content (AvgIpc) is 2.81. The number of rotatable bonds is 5. The van der Waals surface area contributed by atoms with Gasteiger partial charge in [-0.05, 0) is 48.9 Å². The van der Waals surface area contributed by atoms with Crippen molar-refractivity contribution in [3.05, 3.63) is 23.5 Å². The molecule has 0 unspecified atom stereocenters. The van der Waals surface area contributed by atoms with E-state index in [4.69, 9.17) is 13.9 Å². The van der Waals surface area contributed by atoms with Crippen molar-refractivity contribution < 1.29 is 18.7 Å². The minimum atomic E-state index is -1.78. The summed E-state index contributed by atoms with van der Waals surface area (Å²) >= 11 is 0. The molecule has 0 amide bonds. The second kappa shape index (κ2) is 5.98. The highest BCUT2D eigenvalue weighted by Crippen LogP contribution is 2.59. The smallest absolute Gasteiger partial charge is 0.316 e. The van der Waals surface area contributed by atoms with Crippen molar-refractivity contribution >= 4 is 14.3 Å². The molecule has 5 bridgehead atoms. The van der Waals surface area contributed by atoms with Gasteiger partial charge >= 0.3 is 5.97 Å². The van der Waals surface area contributed by atoms with Gasteiger partial charge in [-0.2, -0.15) is 0 Å². The van der Waals surface area contributed by atoms with Crippen LogP contribution in [0.25, 0.3) is 0 Å². The fraction of sp³-hybridized carbons (Fsp3) is 0.750. The monoisotopic (exact) mass is 362 g/mol. The Morgan fingerprint density at radius 1 is 1.28 bits per heavy atom. The highest BCUT2D eigenvalue weighted by atomic mass is 28.4. The van der Waals surface area contributed by atoms with Gasteiger partial charge in [-0.25, -0.2) is 0 Å². The van der Waals surface area contributed by atoms with Gasteiger partial charge in [0, 0.05) is 5.57 Å². The van der Waals surface area contributed by atoms with E-state index < -0.39 is 14.1 Å². The molecule has 2 fully saturated rings. The van der Waals surface area contributed by atoms with Crippen LogP contribution in [0.15, 0.2) is 23.5 Å². The molecule has 1 spiro atoms. The van der Waals surface area contributed by atoms with Crippen molar-refractivity contribution in [2.45, 2.75) is 64.5 Å². The third-order valence-electron chi connectivity index (χ3n) is 7.17. The van der Waals surface area contributed by atoms with E-state index in [0.29, 0.717) is 24.9 Å². The van der Waals surface area contributed by atoms with Gasteiger partial charge in [0.1, 0.15) is 0 Å². The number of allylic oxidation sites excluding steroid dienone is 2. The van der Waals surface area contributed by atoms with Gasteiger partial charge in [0.2, 0.25) is 14.1 Å². The SMILES string of the molecule is CC[Si](CC)(CC)OC1=CC[C@@H]2C(=O)O[C@@]34OCC[C@@H]([C@H](C)C=C23)[C@@H]14. The zero-order chi connectivity index (χ0) is 17.8. The van der Waals surface area contributed by atoms with Gasteiger partial charge < -0.3 is 13.9 Å². The molecule has 25 heavy (non-hydrogen) atoms. The lowest BCUT2D eigenvalue weighted by atomic mass is 9.66. The molecule has 2 saturated heterocycles. The number of ether oxygens (including phenoxy) is 2. The van der Waals surface area contributed by atoms with Crippen LogP contribution in [0.3, 0.4) is 0 Å².